The summed E-state index contributed by atoms with van der Waals surface area (Å²) in [4.78, 5) is 2.28. The number of halogens is 1. The van der Waals surface area contributed by atoms with E-state index < -0.39 is 6.10 Å². The van der Waals surface area contributed by atoms with Gasteiger partial charge in [0.25, 0.3) is 0 Å². The maximum absolute atomic E-state index is 10.2. The minimum atomic E-state index is -0.542. The highest BCUT2D eigenvalue weighted by Crippen LogP contribution is 2.30. The third-order valence-electron chi connectivity index (χ3n) is 3.16. The standard InChI is InChI=1S/C14H22ClNO2/c1-4-16(5-2)9-8-13(17)12-10-11(15)6-7-14(12)18-3/h6-7,10,13,17H,4-5,8-9H2,1-3H3. The lowest BCUT2D eigenvalue weighted by Crippen LogP contribution is -2.25. The predicted molar refractivity (Wildman–Crippen MR) is 75.4 cm³/mol. The monoisotopic (exact) mass is 271 g/mol. The smallest absolute Gasteiger partial charge is 0.124 e. The van der Waals surface area contributed by atoms with Gasteiger partial charge in [0, 0.05) is 17.1 Å². The van der Waals surface area contributed by atoms with Crippen LogP contribution in [0.4, 0.5) is 0 Å². The average Bonchev–Trinajstić information content (AvgIpc) is 2.39. The van der Waals surface area contributed by atoms with Crippen LogP contribution in [0, 0.1) is 0 Å². The maximum atomic E-state index is 10.2. The summed E-state index contributed by atoms with van der Waals surface area (Å²) in [5.74, 6) is 0.687. The topological polar surface area (TPSA) is 32.7 Å². The van der Waals surface area contributed by atoms with Crippen LogP contribution in [0.15, 0.2) is 18.2 Å². The van der Waals surface area contributed by atoms with Crippen molar-refractivity contribution in [3.05, 3.63) is 28.8 Å². The van der Waals surface area contributed by atoms with Gasteiger partial charge in [0.1, 0.15) is 5.75 Å². The first-order valence-corrected chi connectivity index (χ1v) is 6.74. The molecule has 1 aromatic carbocycles. The van der Waals surface area contributed by atoms with Gasteiger partial charge in [0.2, 0.25) is 0 Å². The van der Waals surface area contributed by atoms with Crippen LogP contribution in [0.25, 0.3) is 0 Å². The molecule has 0 heterocycles. The van der Waals surface area contributed by atoms with Crippen LogP contribution >= 0.6 is 11.6 Å². The van der Waals surface area contributed by atoms with Crippen LogP contribution in [0.2, 0.25) is 5.02 Å². The van der Waals surface area contributed by atoms with E-state index in [9.17, 15) is 5.11 Å². The van der Waals surface area contributed by atoms with E-state index in [4.69, 9.17) is 16.3 Å². The van der Waals surface area contributed by atoms with E-state index in [2.05, 4.69) is 18.7 Å². The minimum Gasteiger partial charge on any atom is -0.496 e. The first kappa shape index (κ1) is 15.3. The van der Waals surface area contributed by atoms with Crippen molar-refractivity contribution in [1.82, 2.24) is 4.90 Å². The van der Waals surface area contributed by atoms with Crippen molar-refractivity contribution in [2.45, 2.75) is 26.4 Å². The number of nitrogens with zero attached hydrogens (tertiary/aromatic N) is 1. The largest absolute Gasteiger partial charge is 0.496 e. The summed E-state index contributed by atoms with van der Waals surface area (Å²) in [6.07, 6.45) is 0.137. The summed E-state index contributed by atoms with van der Waals surface area (Å²) in [5.41, 5.74) is 0.761. The molecule has 102 valence electrons. The Bertz CT molecular complexity index is 367. The van der Waals surface area contributed by atoms with E-state index in [1.807, 2.05) is 0 Å². The van der Waals surface area contributed by atoms with Crippen molar-refractivity contribution in [3.63, 3.8) is 0 Å². The number of ether oxygens (including phenoxy) is 1. The summed E-state index contributed by atoms with van der Waals surface area (Å²) < 4.78 is 5.25. The minimum absolute atomic E-state index is 0.542. The molecule has 0 spiro atoms. The molecular formula is C14H22ClNO2. The highest BCUT2D eigenvalue weighted by molar-refractivity contribution is 6.30. The molecule has 1 unspecified atom stereocenters. The molecule has 0 saturated heterocycles. The first-order chi connectivity index (χ1) is 8.62. The van der Waals surface area contributed by atoms with Gasteiger partial charge in [-0.15, -0.1) is 0 Å². The third kappa shape index (κ3) is 4.16. The van der Waals surface area contributed by atoms with Gasteiger partial charge >= 0.3 is 0 Å². The van der Waals surface area contributed by atoms with Gasteiger partial charge in [-0.3, -0.25) is 0 Å². The molecule has 0 aliphatic heterocycles. The Labute approximate surface area is 114 Å². The predicted octanol–water partition coefficient (Wildman–Crippen LogP) is 3.11. The normalized spacial score (nSPS) is 12.8. The maximum Gasteiger partial charge on any atom is 0.124 e. The molecule has 4 heteroatoms. The van der Waals surface area contributed by atoms with Crippen LogP contribution in [-0.4, -0.2) is 36.8 Å². The highest BCUT2D eigenvalue weighted by Gasteiger charge is 2.14. The molecule has 3 nitrogen and oxygen atoms in total. The van der Waals surface area contributed by atoms with Crippen LogP contribution in [-0.2, 0) is 0 Å². The van der Waals surface area contributed by atoms with Crippen LogP contribution in [0.3, 0.4) is 0 Å². The van der Waals surface area contributed by atoms with E-state index in [0.717, 1.165) is 25.2 Å². The van der Waals surface area contributed by atoms with E-state index in [1.165, 1.54) is 0 Å². The van der Waals surface area contributed by atoms with Gasteiger partial charge in [-0.25, -0.2) is 0 Å². The second kappa shape index (κ2) is 7.62. The number of methoxy groups -OCH3 is 1. The van der Waals surface area contributed by atoms with Crippen LogP contribution < -0.4 is 4.74 Å². The van der Waals surface area contributed by atoms with E-state index in [1.54, 1.807) is 25.3 Å². The van der Waals surface area contributed by atoms with Crippen molar-refractivity contribution >= 4 is 11.6 Å². The molecule has 0 aliphatic carbocycles. The molecule has 1 rings (SSSR count). The lowest BCUT2D eigenvalue weighted by Gasteiger charge is -2.21. The van der Waals surface area contributed by atoms with E-state index >= 15 is 0 Å². The molecule has 0 bridgehead atoms. The summed E-state index contributed by atoms with van der Waals surface area (Å²) >= 11 is 5.96. The number of rotatable bonds is 7. The van der Waals surface area contributed by atoms with Crippen molar-refractivity contribution in [1.29, 1.82) is 0 Å². The molecule has 1 N–H and O–H groups in total. The van der Waals surface area contributed by atoms with Gasteiger partial charge in [-0.2, -0.15) is 0 Å². The number of aliphatic hydroxyl groups excluding tert-OH is 1. The van der Waals surface area contributed by atoms with E-state index in [-0.39, 0.29) is 0 Å². The lowest BCUT2D eigenvalue weighted by atomic mass is 10.1. The molecule has 0 saturated carbocycles. The summed E-state index contributed by atoms with van der Waals surface area (Å²) in [6.45, 7) is 7.10. The van der Waals surface area contributed by atoms with Crippen molar-refractivity contribution in [2.75, 3.05) is 26.7 Å². The summed E-state index contributed by atoms with van der Waals surface area (Å²) in [7, 11) is 1.60. The molecule has 1 aromatic rings. The summed E-state index contributed by atoms with van der Waals surface area (Å²) in [5, 5.41) is 10.8. The second-order valence-corrected chi connectivity index (χ2v) is 4.65. The fourth-order valence-electron chi connectivity index (χ4n) is 1.97. The molecule has 0 fully saturated rings. The van der Waals surface area contributed by atoms with Crippen LogP contribution in [0.1, 0.15) is 31.9 Å². The lowest BCUT2D eigenvalue weighted by molar-refractivity contribution is 0.142. The highest BCUT2D eigenvalue weighted by atomic mass is 35.5. The van der Waals surface area contributed by atoms with Gasteiger partial charge < -0.3 is 14.7 Å². The van der Waals surface area contributed by atoms with Gasteiger partial charge in [0.05, 0.1) is 13.2 Å². The number of aliphatic hydroxyl groups is 1. The van der Waals surface area contributed by atoms with Gasteiger partial charge in [0.15, 0.2) is 0 Å². The second-order valence-electron chi connectivity index (χ2n) is 4.22. The fourth-order valence-corrected chi connectivity index (χ4v) is 2.15. The number of benzene rings is 1. The third-order valence-corrected chi connectivity index (χ3v) is 3.40. The summed E-state index contributed by atoms with van der Waals surface area (Å²) in [6, 6.07) is 5.33. The Morgan fingerprint density at radius 2 is 2.00 bits per heavy atom. The SMILES string of the molecule is CCN(CC)CCC(O)c1cc(Cl)ccc1OC. The van der Waals surface area contributed by atoms with Crippen molar-refractivity contribution < 1.29 is 9.84 Å². The van der Waals surface area contributed by atoms with Crippen LogP contribution in [0.5, 0.6) is 5.75 Å². The zero-order valence-electron chi connectivity index (χ0n) is 11.3. The Kier molecular flexibility index (Phi) is 6.47. The molecule has 18 heavy (non-hydrogen) atoms. The zero-order chi connectivity index (χ0) is 13.5. The van der Waals surface area contributed by atoms with E-state index in [0.29, 0.717) is 17.2 Å². The Balaban J connectivity index is 2.71. The molecule has 0 amide bonds. The fraction of sp³-hybridized carbons (Fsp3) is 0.571. The molecule has 1 atom stereocenters. The average molecular weight is 272 g/mol. The molecule has 0 aromatic heterocycles. The number of hydrogen-bond acceptors (Lipinski definition) is 3. The molecule has 0 aliphatic rings. The molecular weight excluding hydrogens is 250 g/mol. The van der Waals surface area contributed by atoms with Gasteiger partial charge in [-0.05, 0) is 37.7 Å². The molecule has 0 radical (unpaired) electrons. The Morgan fingerprint density at radius 3 is 2.56 bits per heavy atom. The van der Waals surface area contributed by atoms with Crippen molar-refractivity contribution in [3.8, 4) is 5.75 Å². The Morgan fingerprint density at radius 1 is 1.33 bits per heavy atom. The number of hydrogen-bond donors (Lipinski definition) is 1. The Hall–Kier alpha value is -0.770. The van der Waals surface area contributed by atoms with Crippen molar-refractivity contribution in [2.24, 2.45) is 0 Å². The quantitative estimate of drug-likeness (QED) is 0.827. The van der Waals surface area contributed by atoms with Gasteiger partial charge in [-0.1, -0.05) is 25.4 Å². The first-order valence-electron chi connectivity index (χ1n) is 6.36. The zero-order valence-corrected chi connectivity index (χ0v) is 12.1.